The van der Waals surface area contributed by atoms with Crippen molar-refractivity contribution in [3.8, 4) is 0 Å². The highest BCUT2D eigenvalue weighted by molar-refractivity contribution is 5.75. The fourth-order valence-corrected chi connectivity index (χ4v) is 1.93. The van der Waals surface area contributed by atoms with E-state index in [0.717, 1.165) is 25.6 Å². The number of hydrogen-bond donors (Lipinski definition) is 1. The van der Waals surface area contributed by atoms with E-state index >= 15 is 0 Å². The summed E-state index contributed by atoms with van der Waals surface area (Å²) in [7, 11) is 3.24. The number of rotatable bonds is 4. The fourth-order valence-electron chi connectivity index (χ4n) is 1.93. The van der Waals surface area contributed by atoms with E-state index in [1.807, 2.05) is 0 Å². The highest BCUT2D eigenvalue weighted by Crippen LogP contribution is 2.15. The van der Waals surface area contributed by atoms with Gasteiger partial charge in [0.2, 0.25) is 0 Å². The van der Waals surface area contributed by atoms with Crippen LogP contribution >= 0.6 is 0 Å². The summed E-state index contributed by atoms with van der Waals surface area (Å²) in [5.74, 6) is 0.656. The Hall–Kier alpha value is -0.610. The number of nitrogens with zero attached hydrogens (tertiary/aromatic N) is 1. The second-order valence-corrected chi connectivity index (χ2v) is 4.35. The van der Waals surface area contributed by atoms with Gasteiger partial charge in [-0.1, -0.05) is 6.92 Å². The van der Waals surface area contributed by atoms with Gasteiger partial charge >= 0.3 is 5.97 Å². The summed E-state index contributed by atoms with van der Waals surface area (Å²) in [6, 6.07) is -0.191. The van der Waals surface area contributed by atoms with Crippen LogP contribution in [0.25, 0.3) is 0 Å². The van der Waals surface area contributed by atoms with E-state index < -0.39 is 0 Å². The molecule has 0 aliphatic carbocycles. The number of carbonyl (C=O) groups is 1. The average Bonchev–Trinajstić information content (AvgIpc) is 2.27. The Kier molecular flexibility index (Phi) is 5.05. The number of piperidine rings is 1. The van der Waals surface area contributed by atoms with Crippen molar-refractivity contribution in [1.29, 1.82) is 0 Å². The van der Waals surface area contributed by atoms with Crippen molar-refractivity contribution in [1.82, 2.24) is 10.2 Å². The molecule has 88 valence electrons. The molecule has 15 heavy (non-hydrogen) atoms. The quantitative estimate of drug-likeness (QED) is 0.691. The van der Waals surface area contributed by atoms with Gasteiger partial charge in [0.1, 0.15) is 6.04 Å². The van der Waals surface area contributed by atoms with Gasteiger partial charge in [-0.3, -0.25) is 4.79 Å². The third-order valence-electron chi connectivity index (χ3n) is 3.15. The van der Waals surface area contributed by atoms with Crippen LogP contribution in [0, 0.1) is 5.92 Å². The Labute approximate surface area is 92.0 Å². The number of likely N-dealkylation sites (N-methyl/N-ethyl adjacent to an activating group) is 1. The lowest BCUT2D eigenvalue weighted by atomic mass is 9.99. The van der Waals surface area contributed by atoms with Gasteiger partial charge in [-0.25, -0.2) is 0 Å². The molecular formula is C11H22N2O2. The third-order valence-corrected chi connectivity index (χ3v) is 3.15. The first-order valence-electron chi connectivity index (χ1n) is 5.64. The molecule has 1 rings (SSSR count). The van der Waals surface area contributed by atoms with Crippen LogP contribution in [0.2, 0.25) is 0 Å². The van der Waals surface area contributed by atoms with Gasteiger partial charge in [-0.2, -0.15) is 0 Å². The molecule has 0 radical (unpaired) electrons. The molecule has 1 aliphatic heterocycles. The molecule has 1 aliphatic rings. The molecule has 0 aromatic heterocycles. The number of likely N-dealkylation sites (tertiary alicyclic amines) is 1. The fraction of sp³-hybridized carbons (Fsp3) is 0.909. The summed E-state index contributed by atoms with van der Waals surface area (Å²) in [6.45, 7) is 5.23. The minimum Gasteiger partial charge on any atom is -0.468 e. The van der Waals surface area contributed by atoms with Gasteiger partial charge in [0.15, 0.2) is 0 Å². The Balaban J connectivity index is 2.35. The monoisotopic (exact) mass is 214 g/mol. The van der Waals surface area contributed by atoms with E-state index in [2.05, 4.69) is 17.1 Å². The average molecular weight is 214 g/mol. The van der Waals surface area contributed by atoms with Crippen LogP contribution in [0.4, 0.5) is 0 Å². The lowest BCUT2D eigenvalue weighted by Crippen LogP contribution is -2.47. The summed E-state index contributed by atoms with van der Waals surface area (Å²) < 4.78 is 4.74. The molecule has 1 atom stereocenters. The molecule has 1 fully saturated rings. The molecule has 4 heteroatoms. The second-order valence-electron chi connectivity index (χ2n) is 4.35. The number of nitrogens with one attached hydrogen (secondary N) is 1. The molecule has 0 saturated carbocycles. The number of ether oxygens (including phenoxy) is 1. The lowest BCUT2D eigenvalue weighted by Gasteiger charge is -2.32. The van der Waals surface area contributed by atoms with Crippen LogP contribution in [0.1, 0.15) is 19.8 Å². The van der Waals surface area contributed by atoms with Crippen molar-refractivity contribution < 1.29 is 9.53 Å². The molecule has 1 heterocycles. The Morgan fingerprint density at radius 3 is 2.60 bits per heavy atom. The van der Waals surface area contributed by atoms with Crippen LogP contribution < -0.4 is 5.32 Å². The predicted octanol–water partition coefficient (Wildman–Crippen LogP) is 0.479. The SMILES string of the molecule is CNC(CN1CCC(C)CC1)C(=O)OC. The van der Waals surface area contributed by atoms with E-state index in [0.29, 0.717) is 0 Å². The molecule has 0 aromatic rings. The van der Waals surface area contributed by atoms with Gasteiger partial charge in [0.25, 0.3) is 0 Å². The minimum atomic E-state index is -0.191. The normalized spacial score (nSPS) is 21.3. The van der Waals surface area contributed by atoms with Crippen molar-refractivity contribution in [2.75, 3.05) is 33.8 Å². The summed E-state index contributed by atoms with van der Waals surface area (Å²) in [4.78, 5) is 13.7. The van der Waals surface area contributed by atoms with Crippen LogP contribution in [-0.2, 0) is 9.53 Å². The molecule has 1 N–H and O–H groups in total. The van der Waals surface area contributed by atoms with Gasteiger partial charge in [-0.05, 0) is 38.9 Å². The van der Waals surface area contributed by atoms with Crippen LogP contribution in [0.5, 0.6) is 0 Å². The summed E-state index contributed by atoms with van der Waals surface area (Å²) in [5, 5.41) is 3.00. The zero-order chi connectivity index (χ0) is 11.3. The van der Waals surface area contributed by atoms with Crippen molar-refractivity contribution in [2.24, 2.45) is 5.92 Å². The first-order valence-corrected chi connectivity index (χ1v) is 5.64. The number of carbonyl (C=O) groups excluding carboxylic acids is 1. The standard InChI is InChI=1S/C11H22N2O2/c1-9-4-6-13(7-5-9)8-10(12-2)11(14)15-3/h9-10,12H,4-8H2,1-3H3. The lowest BCUT2D eigenvalue weighted by molar-refractivity contribution is -0.143. The van der Waals surface area contributed by atoms with E-state index in [9.17, 15) is 4.79 Å². The summed E-state index contributed by atoms with van der Waals surface area (Å²) in [6.07, 6.45) is 2.47. The molecular weight excluding hydrogens is 192 g/mol. The molecule has 0 aromatic carbocycles. The van der Waals surface area contributed by atoms with Crippen molar-refractivity contribution in [3.05, 3.63) is 0 Å². The number of esters is 1. The van der Waals surface area contributed by atoms with Crippen molar-refractivity contribution in [2.45, 2.75) is 25.8 Å². The largest absolute Gasteiger partial charge is 0.468 e. The highest BCUT2D eigenvalue weighted by Gasteiger charge is 2.23. The molecule has 1 saturated heterocycles. The summed E-state index contributed by atoms with van der Waals surface area (Å²) >= 11 is 0. The van der Waals surface area contributed by atoms with Gasteiger partial charge < -0.3 is 15.0 Å². The highest BCUT2D eigenvalue weighted by atomic mass is 16.5. The van der Waals surface area contributed by atoms with Gasteiger partial charge in [-0.15, -0.1) is 0 Å². The van der Waals surface area contributed by atoms with Crippen LogP contribution in [0.15, 0.2) is 0 Å². The first kappa shape index (κ1) is 12.5. The molecule has 4 nitrogen and oxygen atoms in total. The Bertz CT molecular complexity index is 201. The molecule has 1 unspecified atom stereocenters. The topological polar surface area (TPSA) is 41.6 Å². The van der Waals surface area contributed by atoms with E-state index in [1.54, 1.807) is 7.05 Å². The third kappa shape index (κ3) is 3.80. The van der Waals surface area contributed by atoms with Crippen LogP contribution in [-0.4, -0.2) is 50.7 Å². The predicted molar refractivity (Wildman–Crippen MR) is 59.7 cm³/mol. The smallest absolute Gasteiger partial charge is 0.324 e. The maximum absolute atomic E-state index is 11.4. The zero-order valence-electron chi connectivity index (χ0n) is 9.95. The first-order chi connectivity index (χ1) is 7.17. The van der Waals surface area contributed by atoms with E-state index in [4.69, 9.17) is 4.74 Å². The van der Waals surface area contributed by atoms with Crippen molar-refractivity contribution >= 4 is 5.97 Å². The minimum absolute atomic E-state index is 0.170. The zero-order valence-corrected chi connectivity index (χ0v) is 9.95. The van der Waals surface area contributed by atoms with E-state index in [-0.39, 0.29) is 12.0 Å². The maximum Gasteiger partial charge on any atom is 0.324 e. The van der Waals surface area contributed by atoms with Gasteiger partial charge in [0, 0.05) is 6.54 Å². The Morgan fingerprint density at radius 1 is 1.53 bits per heavy atom. The van der Waals surface area contributed by atoms with E-state index in [1.165, 1.54) is 20.0 Å². The van der Waals surface area contributed by atoms with Gasteiger partial charge in [0.05, 0.1) is 7.11 Å². The summed E-state index contributed by atoms with van der Waals surface area (Å²) in [5.41, 5.74) is 0. The molecule has 0 spiro atoms. The second kappa shape index (κ2) is 6.08. The molecule has 0 bridgehead atoms. The Morgan fingerprint density at radius 2 is 2.13 bits per heavy atom. The number of hydrogen-bond acceptors (Lipinski definition) is 4. The van der Waals surface area contributed by atoms with Crippen LogP contribution in [0.3, 0.4) is 0 Å². The number of methoxy groups -OCH3 is 1. The molecule has 0 amide bonds. The van der Waals surface area contributed by atoms with Crippen molar-refractivity contribution in [3.63, 3.8) is 0 Å². The maximum atomic E-state index is 11.4.